The van der Waals surface area contributed by atoms with E-state index in [1.54, 1.807) is 4.90 Å². The van der Waals surface area contributed by atoms with Crippen molar-refractivity contribution >= 4 is 11.8 Å². The van der Waals surface area contributed by atoms with Crippen LogP contribution in [-0.4, -0.2) is 28.8 Å². The van der Waals surface area contributed by atoms with Gasteiger partial charge < -0.3 is 10.2 Å². The molecule has 4 heteroatoms. The van der Waals surface area contributed by atoms with Crippen molar-refractivity contribution in [3.8, 4) is 0 Å². The van der Waals surface area contributed by atoms with Gasteiger partial charge in [0.1, 0.15) is 6.04 Å². The first kappa shape index (κ1) is 20.7. The zero-order chi connectivity index (χ0) is 19.8. The summed E-state index contributed by atoms with van der Waals surface area (Å²) in [4.78, 5) is 27.6. The summed E-state index contributed by atoms with van der Waals surface area (Å²) in [5.74, 6) is -0.127. The summed E-state index contributed by atoms with van der Waals surface area (Å²) in [6.45, 7) is 8.28. The Labute approximate surface area is 162 Å². The molecule has 0 aliphatic heterocycles. The average Bonchev–Trinajstić information content (AvgIpc) is 2.63. The Morgan fingerprint density at radius 2 is 1.63 bits per heavy atom. The lowest BCUT2D eigenvalue weighted by Gasteiger charge is -2.31. The van der Waals surface area contributed by atoms with Gasteiger partial charge in [0.25, 0.3) is 0 Å². The maximum Gasteiger partial charge on any atom is 0.243 e. The van der Waals surface area contributed by atoms with Crippen LogP contribution in [0.25, 0.3) is 0 Å². The first-order valence-electron chi connectivity index (χ1n) is 9.60. The van der Waals surface area contributed by atoms with Gasteiger partial charge in [-0.3, -0.25) is 9.59 Å². The van der Waals surface area contributed by atoms with E-state index >= 15 is 0 Å². The molecule has 0 aliphatic rings. The molecule has 27 heavy (non-hydrogen) atoms. The second-order valence-corrected chi connectivity index (χ2v) is 7.20. The van der Waals surface area contributed by atoms with Crippen molar-refractivity contribution in [1.29, 1.82) is 0 Å². The van der Waals surface area contributed by atoms with Crippen LogP contribution < -0.4 is 5.32 Å². The standard InChI is InChI=1S/C23H30N2O2/c1-5-21(23(27)24-17(2)3)25(16-20-14-10-9-11-18(20)4)22(26)15-19-12-7-6-8-13-19/h6-14,17,21H,5,15-16H2,1-4H3,(H,24,27). The molecular weight excluding hydrogens is 336 g/mol. The largest absolute Gasteiger partial charge is 0.352 e. The van der Waals surface area contributed by atoms with Gasteiger partial charge in [-0.25, -0.2) is 0 Å². The maximum atomic E-state index is 13.2. The lowest BCUT2D eigenvalue weighted by molar-refractivity contribution is -0.141. The minimum Gasteiger partial charge on any atom is -0.352 e. The molecule has 0 fully saturated rings. The Hall–Kier alpha value is -2.62. The highest BCUT2D eigenvalue weighted by molar-refractivity contribution is 5.88. The molecule has 0 aromatic heterocycles. The normalized spacial score (nSPS) is 11.9. The number of hydrogen-bond acceptors (Lipinski definition) is 2. The Balaban J connectivity index is 2.30. The average molecular weight is 367 g/mol. The summed E-state index contributed by atoms with van der Waals surface area (Å²) >= 11 is 0. The van der Waals surface area contributed by atoms with E-state index in [0.717, 1.165) is 16.7 Å². The summed E-state index contributed by atoms with van der Waals surface area (Å²) in [6, 6.07) is 17.2. The molecule has 1 unspecified atom stereocenters. The van der Waals surface area contributed by atoms with Crippen molar-refractivity contribution in [2.24, 2.45) is 0 Å². The molecule has 0 radical (unpaired) electrons. The summed E-state index contributed by atoms with van der Waals surface area (Å²) in [5, 5.41) is 2.96. The summed E-state index contributed by atoms with van der Waals surface area (Å²) < 4.78 is 0. The van der Waals surface area contributed by atoms with Crippen LogP contribution in [0.1, 0.15) is 43.9 Å². The smallest absolute Gasteiger partial charge is 0.243 e. The topological polar surface area (TPSA) is 49.4 Å². The van der Waals surface area contributed by atoms with Gasteiger partial charge in [-0.15, -0.1) is 0 Å². The number of rotatable bonds is 8. The van der Waals surface area contributed by atoms with Gasteiger partial charge in [-0.1, -0.05) is 61.5 Å². The highest BCUT2D eigenvalue weighted by Crippen LogP contribution is 2.17. The number of nitrogens with one attached hydrogen (secondary N) is 1. The quantitative estimate of drug-likeness (QED) is 0.771. The third-order valence-electron chi connectivity index (χ3n) is 4.62. The molecule has 0 saturated carbocycles. The van der Waals surface area contributed by atoms with Crippen LogP contribution in [0.2, 0.25) is 0 Å². The van der Waals surface area contributed by atoms with E-state index in [1.807, 2.05) is 82.3 Å². The molecule has 1 N–H and O–H groups in total. The predicted octanol–water partition coefficient (Wildman–Crippen LogP) is 3.87. The van der Waals surface area contributed by atoms with Gasteiger partial charge in [0.2, 0.25) is 11.8 Å². The third kappa shape index (κ3) is 5.95. The van der Waals surface area contributed by atoms with Gasteiger partial charge in [0.05, 0.1) is 6.42 Å². The molecule has 144 valence electrons. The lowest BCUT2D eigenvalue weighted by atomic mass is 10.0. The fourth-order valence-corrected chi connectivity index (χ4v) is 3.14. The van der Waals surface area contributed by atoms with E-state index in [4.69, 9.17) is 0 Å². The minimum absolute atomic E-state index is 0.0322. The summed E-state index contributed by atoms with van der Waals surface area (Å²) in [5.41, 5.74) is 3.14. The maximum absolute atomic E-state index is 13.2. The molecule has 4 nitrogen and oxygen atoms in total. The Morgan fingerprint density at radius 3 is 2.22 bits per heavy atom. The molecule has 0 heterocycles. The molecule has 0 bridgehead atoms. The lowest BCUT2D eigenvalue weighted by Crippen LogP contribution is -2.50. The molecule has 0 aliphatic carbocycles. The van der Waals surface area contributed by atoms with E-state index in [0.29, 0.717) is 13.0 Å². The molecule has 2 rings (SSSR count). The van der Waals surface area contributed by atoms with E-state index in [2.05, 4.69) is 5.32 Å². The number of carbonyl (C=O) groups is 2. The number of nitrogens with zero attached hydrogens (tertiary/aromatic N) is 1. The van der Waals surface area contributed by atoms with Crippen molar-refractivity contribution in [2.45, 2.75) is 59.2 Å². The Morgan fingerprint density at radius 1 is 1.00 bits per heavy atom. The number of aryl methyl sites for hydroxylation is 1. The summed E-state index contributed by atoms with van der Waals surface area (Å²) in [6.07, 6.45) is 0.864. The van der Waals surface area contributed by atoms with Crippen LogP contribution >= 0.6 is 0 Å². The zero-order valence-electron chi connectivity index (χ0n) is 16.7. The molecule has 2 aromatic carbocycles. The van der Waals surface area contributed by atoms with Crippen molar-refractivity contribution in [3.05, 3.63) is 71.3 Å². The predicted molar refractivity (Wildman–Crippen MR) is 109 cm³/mol. The molecular formula is C23H30N2O2. The van der Waals surface area contributed by atoms with Gasteiger partial charge in [0, 0.05) is 12.6 Å². The van der Waals surface area contributed by atoms with Gasteiger partial charge in [-0.05, 0) is 43.9 Å². The van der Waals surface area contributed by atoms with E-state index in [1.165, 1.54) is 0 Å². The van der Waals surface area contributed by atoms with E-state index < -0.39 is 6.04 Å². The van der Waals surface area contributed by atoms with Crippen molar-refractivity contribution in [1.82, 2.24) is 10.2 Å². The van der Waals surface area contributed by atoms with Gasteiger partial charge in [-0.2, -0.15) is 0 Å². The van der Waals surface area contributed by atoms with E-state index in [-0.39, 0.29) is 24.3 Å². The molecule has 2 aromatic rings. The SMILES string of the molecule is CCC(C(=O)NC(C)C)N(Cc1ccccc1C)C(=O)Cc1ccccc1. The van der Waals surface area contributed by atoms with E-state index in [9.17, 15) is 9.59 Å². The first-order chi connectivity index (χ1) is 12.9. The summed E-state index contributed by atoms with van der Waals surface area (Å²) in [7, 11) is 0. The number of carbonyl (C=O) groups excluding carboxylic acids is 2. The van der Waals surface area contributed by atoms with Crippen LogP contribution in [0.5, 0.6) is 0 Å². The van der Waals surface area contributed by atoms with Crippen molar-refractivity contribution in [3.63, 3.8) is 0 Å². The second-order valence-electron chi connectivity index (χ2n) is 7.20. The fraction of sp³-hybridized carbons (Fsp3) is 0.391. The van der Waals surface area contributed by atoms with Gasteiger partial charge in [0.15, 0.2) is 0 Å². The molecule has 2 amide bonds. The minimum atomic E-state index is -0.483. The zero-order valence-corrected chi connectivity index (χ0v) is 16.7. The highest BCUT2D eigenvalue weighted by Gasteiger charge is 2.29. The number of hydrogen-bond donors (Lipinski definition) is 1. The highest BCUT2D eigenvalue weighted by atomic mass is 16.2. The second kappa shape index (κ2) is 9.91. The first-order valence-corrected chi connectivity index (χ1v) is 9.60. The van der Waals surface area contributed by atoms with Crippen LogP contribution in [0.15, 0.2) is 54.6 Å². The molecule has 1 atom stereocenters. The van der Waals surface area contributed by atoms with Crippen molar-refractivity contribution < 1.29 is 9.59 Å². The molecule has 0 saturated heterocycles. The van der Waals surface area contributed by atoms with Crippen LogP contribution in [0.4, 0.5) is 0 Å². The van der Waals surface area contributed by atoms with Crippen LogP contribution in [-0.2, 0) is 22.6 Å². The number of amides is 2. The third-order valence-corrected chi connectivity index (χ3v) is 4.62. The van der Waals surface area contributed by atoms with Gasteiger partial charge >= 0.3 is 0 Å². The van der Waals surface area contributed by atoms with Crippen LogP contribution in [0, 0.1) is 6.92 Å². The molecule has 0 spiro atoms. The fourth-order valence-electron chi connectivity index (χ4n) is 3.14. The Kier molecular flexibility index (Phi) is 7.59. The van der Waals surface area contributed by atoms with Crippen LogP contribution in [0.3, 0.4) is 0 Å². The Bertz CT molecular complexity index is 756. The van der Waals surface area contributed by atoms with Crippen molar-refractivity contribution in [2.75, 3.05) is 0 Å². The number of benzene rings is 2. The monoisotopic (exact) mass is 366 g/mol.